The first-order valence-corrected chi connectivity index (χ1v) is 9.85. The topological polar surface area (TPSA) is 106 Å². The lowest BCUT2D eigenvalue weighted by Crippen LogP contribution is -2.41. The number of para-hydroxylation sites is 1. The van der Waals surface area contributed by atoms with E-state index >= 15 is 0 Å². The molecule has 0 atom stereocenters. The molecule has 8 nitrogen and oxygen atoms in total. The van der Waals surface area contributed by atoms with Gasteiger partial charge in [0.05, 0.1) is 12.2 Å². The number of hydrogen-bond donors (Lipinski definition) is 3. The van der Waals surface area contributed by atoms with E-state index < -0.39 is 11.8 Å². The van der Waals surface area contributed by atoms with Crippen molar-refractivity contribution in [3.05, 3.63) is 59.7 Å². The number of carbonyl (C=O) groups is 3. The van der Waals surface area contributed by atoms with Crippen LogP contribution >= 0.6 is 0 Å². The number of amides is 3. The van der Waals surface area contributed by atoms with Gasteiger partial charge >= 0.3 is 0 Å². The lowest BCUT2D eigenvalue weighted by molar-refractivity contribution is -0.116. The predicted octanol–water partition coefficient (Wildman–Crippen LogP) is 2.92. The highest BCUT2D eigenvalue weighted by atomic mass is 16.5. The van der Waals surface area contributed by atoms with Crippen LogP contribution in [0.15, 0.2) is 48.5 Å². The van der Waals surface area contributed by atoms with Crippen LogP contribution in [0.2, 0.25) is 0 Å². The second-order valence-electron chi connectivity index (χ2n) is 6.33. The number of benzene rings is 2. The zero-order chi connectivity index (χ0) is 21.8. The van der Waals surface area contributed by atoms with Crippen LogP contribution in [0.3, 0.4) is 0 Å². The third kappa shape index (κ3) is 7.21. The fourth-order valence-corrected chi connectivity index (χ4v) is 2.54. The number of nitrogens with one attached hydrogen (secondary N) is 3. The number of anilines is 1. The second-order valence-corrected chi connectivity index (χ2v) is 6.33. The second kappa shape index (κ2) is 12.2. The molecule has 2 aromatic carbocycles. The van der Waals surface area contributed by atoms with Crippen molar-refractivity contribution in [3.63, 3.8) is 0 Å². The summed E-state index contributed by atoms with van der Waals surface area (Å²) < 4.78 is 10.8. The highest BCUT2D eigenvalue weighted by Crippen LogP contribution is 2.17. The van der Waals surface area contributed by atoms with E-state index in [-0.39, 0.29) is 5.91 Å². The Balaban J connectivity index is 1.90. The Bertz CT molecular complexity index is 852. The summed E-state index contributed by atoms with van der Waals surface area (Å²) in [5.41, 5.74) is 6.00. The van der Waals surface area contributed by atoms with Gasteiger partial charge in [0.25, 0.3) is 11.8 Å². The number of rotatable bonds is 10. The summed E-state index contributed by atoms with van der Waals surface area (Å²) in [6.45, 7) is 5.13. The van der Waals surface area contributed by atoms with Crippen LogP contribution in [-0.2, 0) is 9.53 Å². The molecule has 0 bridgehead atoms. The number of carbonyl (C=O) groups excluding carboxylic acids is 3. The van der Waals surface area contributed by atoms with Crippen LogP contribution in [0, 0.1) is 0 Å². The van der Waals surface area contributed by atoms with Crippen molar-refractivity contribution >= 4 is 23.4 Å². The zero-order valence-electron chi connectivity index (χ0n) is 17.2. The molecular formula is C22H27N3O5. The minimum Gasteiger partial charge on any atom is -0.490 e. The number of ether oxygens (including phenoxy) is 2. The van der Waals surface area contributed by atoms with Crippen molar-refractivity contribution in [3.8, 4) is 5.75 Å². The lowest BCUT2D eigenvalue weighted by atomic mass is 10.2. The van der Waals surface area contributed by atoms with Crippen molar-refractivity contribution in [2.45, 2.75) is 26.7 Å². The van der Waals surface area contributed by atoms with Gasteiger partial charge in [0.2, 0.25) is 5.91 Å². The standard InChI is InChI=1S/C22H27N3O5/c1-3-7-20(26)23-17-12-10-16(11-13-17)21(27)24-25-22(28)18-8-5-6-9-19(18)30-15-14-29-4-2/h5-6,8-13H,3-4,7,14-15H2,1-2H3,(H,23,26)(H,24,27)(H,25,28). The van der Waals surface area contributed by atoms with Crippen molar-refractivity contribution in [2.75, 3.05) is 25.1 Å². The molecule has 8 heteroatoms. The maximum absolute atomic E-state index is 12.4. The fraction of sp³-hybridized carbons (Fsp3) is 0.318. The van der Waals surface area contributed by atoms with Crippen LogP contribution in [-0.4, -0.2) is 37.5 Å². The summed E-state index contributed by atoms with van der Waals surface area (Å²) in [6.07, 6.45) is 1.19. The van der Waals surface area contributed by atoms with Gasteiger partial charge in [0.15, 0.2) is 0 Å². The first-order chi connectivity index (χ1) is 14.5. The predicted molar refractivity (Wildman–Crippen MR) is 113 cm³/mol. The molecule has 0 aromatic heterocycles. The molecule has 3 amide bonds. The lowest BCUT2D eigenvalue weighted by Gasteiger charge is -2.12. The van der Waals surface area contributed by atoms with Gasteiger partial charge in [-0.1, -0.05) is 19.1 Å². The van der Waals surface area contributed by atoms with Gasteiger partial charge in [-0.05, 0) is 49.7 Å². The van der Waals surface area contributed by atoms with E-state index in [1.807, 2.05) is 13.8 Å². The van der Waals surface area contributed by atoms with Crippen molar-refractivity contribution in [2.24, 2.45) is 0 Å². The van der Waals surface area contributed by atoms with Gasteiger partial charge in [-0.2, -0.15) is 0 Å². The van der Waals surface area contributed by atoms with Gasteiger partial charge in [0, 0.05) is 24.3 Å². The molecular weight excluding hydrogens is 386 g/mol. The van der Waals surface area contributed by atoms with E-state index in [4.69, 9.17) is 9.47 Å². The molecule has 0 aliphatic rings. The molecule has 0 unspecified atom stereocenters. The van der Waals surface area contributed by atoms with Crippen LogP contribution in [0.4, 0.5) is 5.69 Å². The third-order valence-corrected chi connectivity index (χ3v) is 4.02. The first kappa shape index (κ1) is 22.9. The maximum atomic E-state index is 12.4. The third-order valence-electron chi connectivity index (χ3n) is 4.02. The molecule has 0 saturated heterocycles. The Labute approximate surface area is 175 Å². The molecule has 0 aliphatic carbocycles. The fourth-order valence-electron chi connectivity index (χ4n) is 2.54. The van der Waals surface area contributed by atoms with Gasteiger partial charge in [-0.25, -0.2) is 0 Å². The largest absolute Gasteiger partial charge is 0.490 e. The molecule has 3 N–H and O–H groups in total. The van der Waals surface area contributed by atoms with E-state index in [9.17, 15) is 14.4 Å². The summed E-state index contributed by atoms with van der Waals surface area (Å²) in [6, 6.07) is 13.1. The van der Waals surface area contributed by atoms with Crippen molar-refractivity contribution < 1.29 is 23.9 Å². The quantitative estimate of drug-likeness (QED) is 0.410. The van der Waals surface area contributed by atoms with E-state index in [0.717, 1.165) is 6.42 Å². The first-order valence-electron chi connectivity index (χ1n) is 9.85. The average molecular weight is 413 g/mol. The summed E-state index contributed by atoms with van der Waals surface area (Å²) in [7, 11) is 0. The van der Waals surface area contributed by atoms with Gasteiger partial charge in [-0.15, -0.1) is 0 Å². The van der Waals surface area contributed by atoms with Gasteiger partial charge in [0.1, 0.15) is 12.4 Å². The Kier molecular flexibility index (Phi) is 9.33. The summed E-state index contributed by atoms with van der Waals surface area (Å²) in [5, 5.41) is 2.75. The van der Waals surface area contributed by atoms with Crippen LogP contribution < -0.4 is 20.9 Å². The molecule has 0 spiro atoms. The Morgan fingerprint density at radius 3 is 2.27 bits per heavy atom. The smallest absolute Gasteiger partial charge is 0.273 e. The summed E-state index contributed by atoms with van der Waals surface area (Å²) >= 11 is 0. The Morgan fingerprint density at radius 2 is 1.57 bits per heavy atom. The molecule has 2 rings (SSSR count). The van der Waals surface area contributed by atoms with Crippen LogP contribution in [0.1, 0.15) is 47.4 Å². The minimum absolute atomic E-state index is 0.0795. The monoisotopic (exact) mass is 413 g/mol. The SMILES string of the molecule is CCCC(=O)Nc1ccc(C(=O)NNC(=O)c2ccccc2OCCOCC)cc1. The summed E-state index contributed by atoms with van der Waals surface area (Å²) in [5.74, 6) is -0.663. The van der Waals surface area contributed by atoms with Gasteiger partial charge in [-0.3, -0.25) is 25.2 Å². The van der Waals surface area contributed by atoms with E-state index in [1.54, 1.807) is 48.5 Å². The molecule has 0 heterocycles. The van der Waals surface area contributed by atoms with Crippen molar-refractivity contribution in [1.82, 2.24) is 10.9 Å². The molecule has 160 valence electrons. The van der Waals surface area contributed by atoms with E-state index in [1.165, 1.54) is 0 Å². The highest BCUT2D eigenvalue weighted by molar-refractivity contribution is 6.00. The Hall–Kier alpha value is -3.39. The zero-order valence-corrected chi connectivity index (χ0v) is 17.2. The number of hydrogen-bond acceptors (Lipinski definition) is 5. The average Bonchev–Trinajstić information content (AvgIpc) is 2.76. The molecule has 30 heavy (non-hydrogen) atoms. The maximum Gasteiger partial charge on any atom is 0.273 e. The summed E-state index contributed by atoms with van der Waals surface area (Å²) in [4.78, 5) is 36.3. The normalized spacial score (nSPS) is 10.2. The molecule has 0 saturated carbocycles. The van der Waals surface area contributed by atoms with E-state index in [0.29, 0.717) is 48.8 Å². The highest BCUT2D eigenvalue weighted by Gasteiger charge is 2.14. The van der Waals surface area contributed by atoms with Crippen molar-refractivity contribution in [1.29, 1.82) is 0 Å². The molecule has 0 radical (unpaired) electrons. The number of hydrazine groups is 1. The van der Waals surface area contributed by atoms with Crippen LogP contribution in [0.5, 0.6) is 5.75 Å². The molecule has 0 fully saturated rings. The molecule has 2 aromatic rings. The van der Waals surface area contributed by atoms with Gasteiger partial charge < -0.3 is 14.8 Å². The molecule has 0 aliphatic heterocycles. The van der Waals surface area contributed by atoms with E-state index in [2.05, 4.69) is 16.2 Å². The Morgan fingerprint density at radius 1 is 0.867 bits per heavy atom. The minimum atomic E-state index is -0.501. The van der Waals surface area contributed by atoms with Crippen LogP contribution in [0.25, 0.3) is 0 Å².